The van der Waals surface area contributed by atoms with Crippen LogP contribution in [0.2, 0.25) is 0 Å². The first-order chi connectivity index (χ1) is 12.0. The number of hydrogen-bond acceptors (Lipinski definition) is 5. The van der Waals surface area contributed by atoms with Gasteiger partial charge in [0.05, 0.1) is 11.9 Å². The minimum Gasteiger partial charge on any atom is -0.433 e. The van der Waals surface area contributed by atoms with Gasteiger partial charge in [0.2, 0.25) is 0 Å². The van der Waals surface area contributed by atoms with E-state index in [9.17, 15) is 13.6 Å². The van der Waals surface area contributed by atoms with E-state index in [1.807, 2.05) is 0 Å². The Morgan fingerprint density at radius 3 is 2.80 bits per heavy atom. The maximum absolute atomic E-state index is 12.4. The van der Waals surface area contributed by atoms with Crippen LogP contribution in [0.25, 0.3) is 0 Å². The number of ether oxygens (including phenoxy) is 2. The van der Waals surface area contributed by atoms with Crippen molar-refractivity contribution in [2.45, 2.75) is 25.4 Å². The fraction of sp³-hybridized carbons (Fsp3) is 0.438. The molecule has 1 aliphatic rings. The highest BCUT2D eigenvalue weighted by Crippen LogP contribution is 2.26. The van der Waals surface area contributed by atoms with E-state index >= 15 is 0 Å². The molecule has 0 spiro atoms. The second kappa shape index (κ2) is 7.56. The number of aromatic nitrogens is 3. The molecule has 1 fully saturated rings. The Hall–Kier alpha value is -2.55. The largest absolute Gasteiger partial charge is 0.433 e. The van der Waals surface area contributed by atoms with E-state index in [2.05, 4.69) is 20.1 Å². The molecule has 0 saturated carbocycles. The Labute approximate surface area is 142 Å². The van der Waals surface area contributed by atoms with E-state index in [0.29, 0.717) is 18.9 Å². The zero-order valence-electron chi connectivity index (χ0n) is 13.6. The molecular formula is C16H18F2N4O3. The maximum Gasteiger partial charge on any atom is 0.387 e. The zero-order chi connectivity index (χ0) is 17.8. The second-order valence-electron chi connectivity index (χ2n) is 5.68. The molecular weight excluding hydrogens is 334 g/mol. The van der Waals surface area contributed by atoms with Gasteiger partial charge in [-0.15, -0.1) is 0 Å². The molecule has 1 aliphatic heterocycles. The van der Waals surface area contributed by atoms with Gasteiger partial charge in [0.1, 0.15) is 17.3 Å². The number of hydrogen-bond donors (Lipinski definition) is 1. The first-order valence-electron chi connectivity index (χ1n) is 7.87. The molecule has 134 valence electrons. The molecule has 3 heterocycles. The van der Waals surface area contributed by atoms with Crippen LogP contribution in [0.4, 0.5) is 14.6 Å². The normalized spacial score (nSPS) is 15.4. The molecule has 0 aromatic carbocycles. The Bertz CT molecular complexity index is 727. The van der Waals surface area contributed by atoms with Gasteiger partial charge in [0, 0.05) is 26.2 Å². The van der Waals surface area contributed by atoms with Gasteiger partial charge in [-0.1, -0.05) is 0 Å². The van der Waals surface area contributed by atoms with Crippen LogP contribution in [0.3, 0.4) is 0 Å². The average molecular weight is 352 g/mol. The van der Waals surface area contributed by atoms with E-state index in [0.717, 1.165) is 24.7 Å². The van der Waals surface area contributed by atoms with Crippen molar-refractivity contribution >= 4 is 11.7 Å². The molecule has 1 N–H and O–H groups in total. The number of amides is 1. The number of pyridine rings is 1. The van der Waals surface area contributed by atoms with Crippen molar-refractivity contribution < 1.29 is 23.0 Å². The number of alkyl halides is 2. The third kappa shape index (κ3) is 4.30. The summed E-state index contributed by atoms with van der Waals surface area (Å²) in [5.74, 6) is 0.0736. The maximum atomic E-state index is 12.4. The smallest absolute Gasteiger partial charge is 0.387 e. The number of rotatable bonds is 5. The highest BCUT2D eigenvalue weighted by molar-refractivity contribution is 6.02. The van der Waals surface area contributed by atoms with Gasteiger partial charge in [0.25, 0.3) is 5.91 Å². The number of nitrogens with one attached hydrogen (secondary N) is 1. The highest BCUT2D eigenvalue weighted by atomic mass is 19.3. The van der Waals surface area contributed by atoms with Crippen LogP contribution in [-0.2, 0) is 11.8 Å². The first kappa shape index (κ1) is 17.3. The molecule has 2 aromatic rings. The molecule has 0 bridgehead atoms. The van der Waals surface area contributed by atoms with Crippen LogP contribution in [0.1, 0.15) is 34.9 Å². The Kier molecular flexibility index (Phi) is 5.22. The lowest BCUT2D eigenvalue weighted by atomic mass is 9.96. The summed E-state index contributed by atoms with van der Waals surface area (Å²) in [6, 6.07) is 4.47. The number of anilines is 1. The van der Waals surface area contributed by atoms with Crippen molar-refractivity contribution in [2.24, 2.45) is 7.05 Å². The van der Waals surface area contributed by atoms with Crippen LogP contribution >= 0.6 is 0 Å². The van der Waals surface area contributed by atoms with E-state index in [1.54, 1.807) is 13.1 Å². The van der Waals surface area contributed by atoms with E-state index in [4.69, 9.17) is 4.74 Å². The van der Waals surface area contributed by atoms with Crippen molar-refractivity contribution in [3.8, 4) is 5.75 Å². The molecule has 0 unspecified atom stereocenters. The molecule has 3 rings (SSSR count). The molecule has 2 aromatic heterocycles. The van der Waals surface area contributed by atoms with E-state index in [-0.39, 0.29) is 23.4 Å². The summed E-state index contributed by atoms with van der Waals surface area (Å²) in [6.45, 7) is -1.53. The number of nitrogens with zero attached hydrogens (tertiary/aromatic N) is 3. The Balaban J connectivity index is 1.67. The van der Waals surface area contributed by atoms with Crippen molar-refractivity contribution in [3.63, 3.8) is 0 Å². The van der Waals surface area contributed by atoms with Crippen molar-refractivity contribution in [1.82, 2.24) is 14.8 Å². The molecule has 0 aliphatic carbocycles. The summed E-state index contributed by atoms with van der Waals surface area (Å²) >= 11 is 0. The van der Waals surface area contributed by atoms with Crippen LogP contribution < -0.4 is 10.1 Å². The lowest BCUT2D eigenvalue weighted by molar-refractivity contribution is -0.0500. The summed E-state index contributed by atoms with van der Waals surface area (Å²) in [5, 5.41) is 7.04. The quantitative estimate of drug-likeness (QED) is 0.895. The van der Waals surface area contributed by atoms with E-state index in [1.165, 1.54) is 16.8 Å². The third-order valence-corrected chi connectivity index (χ3v) is 3.97. The molecule has 1 amide bonds. The number of aryl methyl sites for hydroxylation is 1. The Morgan fingerprint density at radius 2 is 2.16 bits per heavy atom. The molecule has 9 heteroatoms. The first-order valence-corrected chi connectivity index (χ1v) is 7.87. The predicted molar refractivity (Wildman–Crippen MR) is 84.8 cm³/mol. The Morgan fingerprint density at radius 1 is 1.40 bits per heavy atom. The monoisotopic (exact) mass is 352 g/mol. The molecule has 0 radical (unpaired) electrons. The summed E-state index contributed by atoms with van der Waals surface area (Å²) < 4.78 is 35.3. The van der Waals surface area contributed by atoms with Gasteiger partial charge in [-0.2, -0.15) is 13.9 Å². The molecule has 1 saturated heterocycles. The minimum absolute atomic E-state index is 0.0738. The minimum atomic E-state index is -2.92. The van der Waals surface area contributed by atoms with Gasteiger partial charge in [-0.05, 0) is 31.0 Å². The van der Waals surface area contributed by atoms with Gasteiger partial charge < -0.3 is 14.8 Å². The third-order valence-electron chi connectivity index (χ3n) is 3.97. The van der Waals surface area contributed by atoms with Gasteiger partial charge in [-0.3, -0.25) is 9.48 Å². The van der Waals surface area contributed by atoms with Gasteiger partial charge >= 0.3 is 6.61 Å². The molecule has 25 heavy (non-hydrogen) atoms. The summed E-state index contributed by atoms with van der Waals surface area (Å²) in [7, 11) is 1.70. The van der Waals surface area contributed by atoms with Crippen LogP contribution in [0.15, 0.2) is 24.4 Å². The van der Waals surface area contributed by atoms with Gasteiger partial charge in [0.15, 0.2) is 0 Å². The zero-order valence-corrected chi connectivity index (χ0v) is 13.6. The van der Waals surface area contributed by atoms with Crippen molar-refractivity contribution in [1.29, 1.82) is 0 Å². The second-order valence-corrected chi connectivity index (χ2v) is 5.68. The molecule has 7 nitrogen and oxygen atoms in total. The number of carbonyl (C=O) groups excluding carboxylic acids is 1. The fourth-order valence-corrected chi connectivity index (χ4v) is 2.70. The van der Waals surface area contributed by atoms with Crippen molar-refractivity contribution in [3.05, 3.63) is 35.8 Å². The number of carbonyl (C=O) groups is 1. The van der Waals surface area contributed by atoms with Crippen LogP contribution in [0, 0.1) is 0 Å². The molecule has 0 atom stereocenters. The summed E-state index contributed by atoms with van der Waals surface area (Å²) in [6.07, 6.45) is 2.88. The van der Waals surface area contributed by atoms with Crippen LogP contribution in [0.5, 0.6) is 5.75 Å². The summed E-state index contributed by atoms with van der Waals surface area (Å²) in [4.78, 5) is 16.3. The standard InChI is InChI=1S/C16H18F2N4O3/c1-22-13(8-12(21-22)10-4-6-24-7-5-10)15(23)20-14-3-2-11(9-19-14)25-16(17)18/h2-3,8-10,16H,4-7H2,1H3,(H,19,20,23). The predicted octanol–water partition coefficient (Wildman–Crippen LogP) is 2.56. The average Bonchev–Trinajstić information content (AvgIpc) is 2.99. The van der Waals surface area contributed by atoms with E-state index < -0.39 is 6.61 Å². The van der Waals surface area contributed by atoms with Crippen LogP contribution in [-0.4, -0.2) is 40.5 Å². The lowest BCUT2D eigenvalue weighted by Crippen LogP contribution is -2.16. The SMILES string of the molecule is Cn1nc(C2CCOCC2)cc1C(=O)Nc1ccc(OC(F)F)cn1. The topological polar surface area (TPSA) is 78.3 Å². The van der Waals surface area contributed by atoms with Crippen molar-refractivity contribution in [2.75, 3.05) is 18.5 Å². The van der Waals surface area contributed by atoms with Gasteiger partial charge in [-0.25, -0.2) is 4.98 Å². The lowest BCUT2D eigenvalue weighted by Gasteiger charge is -2.19. The number of halogens is 2. The summed E-state index contributed by atoms with van der Waals surface area (Å²) in [5.41, 5.74) is 1.26. The fourth-order valence-electron chi connectivity index (χ4n) is 2.70. The highest BCUT2D eigenvalue weighted by Gasteiger charge is 2.22.